The van der Waals surface area contributed by atoms with Crippen LogP contribution in [0.5, 0.6) is 17.2 Å². The lowest BCUT2D eigenvalue weighted by atomic mass is 10.2. The van der Waals surface area contributed by atoms with Crippen molar-refractivity contribution >= 4 is 23.2 Å². The van der Waals surface area contributed by atoms with Gasteiger partial charge in [-0.1, -0.05) is 23.2 Å². The van der Waals surface area contributed by atoms with E-state index in [1.165, 1.54) is 21.3 Å². The lowest BCUT2D eigenvalue weighted by Crippen LogP contribution is -1.98. The Morgan fingerprint density at radius 3 is 1.67 bits per heavy atom. The second kappa shape index (κ2) is 4.81. The molecule has 0 amide bonds. The molecule has 5 heteroatoms. The summed E-state index contributed by atoms with van der Waals surface area (Å²) in [5, 5.41) is 0.563. The summed E-state index contributed by atoms with van der Waals surface area (Å²) in [5.41, 5.74) is 0.474. The standard InChI is InChI=1S/C10H11Cl2O3/c1-5-6(11)7(12)9(14-3)10(15-4)8(5)13-2/h1H2,2-4H3. The number of benzene rings is 1. The topological polar surface area (TPSA) is 27.7 Å². The largest absolute Gasteiger partial charge is 0.492 e. The Labute approximate surface area is 98.8 Å². The summed E-state index contributed by atoms with van der Waals surface area (Å²) in [4.78, 5) is 0. The van der Waals surface area contributed by atoms with Crippen LogP contribution in [0.3, 0.4) is 0 Å². The molecule has 0 unspecified atom stereocenters. The van der Waals surface area contributed by atoms with E-state index in [0.717, 1.165) is 0 Å². The number of hydrogen-bond donors (Lipinski definition) is 0. The quantitative estimate of drug-likeness (QED) is 0.824. The van der Waals surface area contributed by atoms with E-state index in [0.29, 0.717) is 27.8 Å². The van der Waals surface area contributed by atoms with Crippen LogP contribution in [-0.4, -0.2) is 21.3 Å². The van der Waals surface area contributed by atoms with Crippen LogP contribution in [0.4, 0.5) is 0 Å². The molecule has 0 fully saturated rings. The van der Waals surface area contributed by atoms with Crippen LogP contribution >= 0.6 is 23.2 Å². The third kappa shape index (κ3) is 1.94. The zero-order chi connectivity index (χ0) is 11.6. The first-order chi connectivity index (χ1) is 7.08. The Bertz CT molecular complexity index is 346. The highest BCUT2D eigenvalue weighted by Crippen LogP contribution is 2.49. The van der Waals surface area contributed by atoms with Crippen molar-refractivity contribution in [3.63, 3.8) is 0 Å². The molecule has 0 saturated carbocycles. The minimum Gasteiger partial charge on any atom is -0.492 e. The Kier molecular flexibility index (Phi) is 3.94. The van der Waals surface area contributed by atoms with Crippen molar-refractivity contribution in [1.29, 1.82) is 0 Å². The minimum atomic E-state index is 0.266. The second-order valence-corrected chi connectivity index (χ2v) is 3.46. The maximum atomic E-state index is 5.98. The molecule has 83 valence electrons. The summed E-state index contributed by atoms with van der Waals surface area (Å²) in [6, 6.07) is 0. The van der Waals surface area contributed by atoms with Gasteiger partial charge in [0.25, 0.3) is 0 Å². The monoisotopic (exact) mass is 249 g/mol. The predicted molar refractivity (Wildman–Crippen MR) is 60.6 cm³/mol. The van der Waals surface area contributed by atoms with E-state index in [1.54, 1.807) is 0 Å². The minimum absolute atomic E-state index is 0.266. The molecule has 0 N–H and O–H groups in total. The van der Waals surface area contributed by atoms with E-state index in [-0.39, 0.29) is 5.02 Å². The van der Waals surface area contributed by atoms with Gasteiger partial charge in [0, 0.05) is 5.56 Å². The van der Waals surface area contributed by atoms with Gasteiger partial charge in [0.15, 0.2) is 11.5 Å². The molecular formula is C10H11Cl2O3. The third-order valence-corrected chi connectivity index (χ3v) is 2.83. The SMILES string of the molecule is [CH2]c1c(Cl)c(Cl)c(OC)c(OC)c1OC. The molecular weight excluding hydrogens is 239 g/mol. The highest BCUT2D eigenvalue weighted by molar-refractivity contribution is 6.44. The van der Waals surface area contributed by atoms with Gasteiger partial charge in [-0.2, -0.15) is 0 Å². The van der Waals surface area contributed by atoms with Crippen molar-refractivity contribution in [2.45, 2.75) is 0 Å². The number of rotatable bonds is 3. The van der Waals surface area contributed by atoms with Crippen molar-refractivity contribution in [2.24, 2.45) is 0 Å². The van der Waals surface area contributed by atoms with Crippen molar-refractivity contribution in [1.82, 2.24) is 0 Å². The molecule has 0 aromatic heterocycles. The molecule has 1 aromatic rings. The Morgan fingerprint density at radius 1 is 0.800 bits per heavy atom. The summed E-state index contributed by atoms with van der Waals surface area (Å²) in [6.45, 7) is 3.76. The Hall–Kier alpha value is -0.800. The van der Waals surface area contributed by atoms with E-state index in [2.05, 4.69) is 6.92 Å². The van der Waals surface area contributed by atoms with Gasteiger partial charge in [-0.15, -0.1) is 0 Å². The van der Waals surface area contributed by atoms with Gasteiger partial charge >= 0.3 is 0 Å². The molecule has 1 rings (SSSR count). The van der Waals surface area contributed by atoms with Crippen LogP contribution in [0.2, 0.25) is 10.0 Å². The first-order valence-electron chi connectivity index (χ1n) is 4.07. The highest BCUT2D eigenvalue weighted by Gasteiger charge is 2.22. The smallest absolute Gasteiger partial charge is 0.205 e. The van der Waals surface area contributed by atoms with Gasteiger partial charge < -0.3 is 14.2 Å². The molecule has 0 aliphatic rings. The Morgan fingerprint density at radius 2 is 1.27 bits per heavy atom. The first kappa shape index (κ1) is 12.3. The average molecular weight is 250 g/mol. The van der Waals surface area contributed by atoms with Crippen LogP contribution in [0.1, 0.15) is 5.56 Å². The lowest BCUT2D eigenvalue weighted by Gasteiger charge is -2.16. The molecule has 1 aromatic carbocycles. The lowest BCUT2D eigenvalue weighted by molar-refractivity contribution is 0.324. The molecule has 0 heterocycles. The molecule has 0 bridgehead atoms. The fourth-order valence-electron chi connectivity index (χ4n) is 1.26. The van der Waals surface area contributed by atoms with E-state index in [4.69, 9.17) is 37.4 Å². The van der Waals surface area contributed by atoms with Gasteiger partial charge in [-0.3, -0.25) is 0 Å². The zero-order valence-electron chi connectivity index (χ0n) is 8.69. The third-order valence-electron chi connectivity index (χ3n) is 1.96. The second-order valence-electron chi connectivity index (χ2n) is 2.71. The average Bonchev–Trinajstić information content (AvgIpc) is 2.25. The van der Waals surface area contributed by atoms with Gasteiger partial charge in [0.2, 0.25) is 5.75 Å². The maximum Gasteiger partial charge on any atom is 0.205 e. The van der Waals surface area contributed by atoms with Crippen molar-refractivity contribution < 1.29 is 14.2 Å². The molecule has 3 nitrogen and oxygen atoms in total. The van der Waals surface area contributed by atoms with Crippen LogP contribution in [0.15, 0.2) is 0 Å². The Balaban J connectivity index is 3.59. The van der Waals surface area contributed by atoms with Crippen molar-refractivity contribution in [2.75, 3.05) is 21.3 Å². The van der Waals surface area contributed by atoms with Crippen LogP contribution in [-0.2, 0) is 0 Å². The summed E-state index contributed by atoms with van der Waals surface area (Å²) in [5.74, 6) is 1.15. The molecule has 15 heavy (non-hydrogen) atoms. The fourth-order valence-corrected chi connectivity index (χ4v) is 1.70. The van der Waals surface area contributed by atoms with E-state index in [1.807, 2.05) is 0 Å². The van der Waals surface area contributed by atoms with Crippen LogP contribution < -0.4 is 14.2 Å². The van der Waals surface area contributed by atoms with Gasteiger partial charge in [-0.05, 0) is 6.92 Å². The number of ether oxygens (including phenoxy) is 3. The predicted octanol–water partition coefficient (Wildman–Crippen LogP) is 3.20. The van der Waals surface area contributed by atoms with E-state index in [9.17, 15) is 0 Å². The van der Waals surface area contributed by atoms with Crippen molar-refractivity contribution in [3.8, 4) is 17.2 Å². The molecule has 0 spiro atoms. The molecule has 0 aliphatic heterocycles. The molecule has 1 radical (unpaired) electrons. The summed E-state index contributed by atoms with van der Waals surface area (Å²) in [6.07, 6.45) is 0. The van der Waals surface area contributed by atoms with Gasteiger partial charge in [-0.25, -0.2) is 0 Å². The highest BCUT2D eigenvalue weighted by atomic mass is 35.5. The summed E-state index contributed by atoms with van der Waals surface area (Å²) in [7, 11) is 4.46. The number of methoxy groups -OCH3 is 3. The van der Waals surface area contributed by atoms with Crippen LogP contribution in [0, 0.1) is 6.92 Å². The fraction of sp³-hybridized carbons (Fsp3) is 0.300. The van der Waals surface area contributed by atoms with Crippen LogP contribution in [0.25, 0.3) is 0 Å². The van der Waals surface area contributed by atoms with E-state index < -0.39 is 0 Å². The molecule has 0 atom stereocenters. The molecule has 0 saturated heterocycles. The number of halogens is 2. The number of hydrogen-bond acceptors (Lipinski definition) is 3. The maximum absolute atomic E-state index is 5.98. The zero-order valence-corrected chi connectivity index (χ0v) is 10.2. The van der Waals surface area contributed by atoms with Crippen molar-refractivity contribution in [3.05, 3.63) is 22.5 Å². The van der Waals surface area contributed by atoms with Gasteiger partial charge in [0.05, 0.1) is 26.4 Å². The van der Waals surface area contributed by atoms with Gasteiger partial charge in [0.1, 0.15) is 5.02 Å². The first-order valence-corrected chi connectivity index (χ1v) is 4.82. The molecule has 0 aliphatic carbocycles. The summed E-state index contributed by atoms with van der Waals surface area (Å²) < 4.78 is 15.4. The van der Waals surface area contributed by atoms with E-state index >= 15 is 0 Å². The summed E-state index contributed by atoms with van der Waals surface area (Å²) >= 11 is 11.9. The normalized spacial score (nSPS) is 10.0.